The van der Waals surface area contributed by atoms with E-state index in [4.69, 9.17) is 0 Å². The van der Waals surface area contributed by atoms with Crippen molar-refractivity contribution in [1.82, 2.24) is 24.6 Å². The Morgan fingerprint density at radius 3 is 2.57 bits per heavy atom. The van der Waals surface area contributed by atoms with Gasteiger partial charge in [-0.3, -0.25) is 9.48 Å². The highest BCUT2D eigenvalue weighted by molar-refractivity contribution is 5.99. The number of hydrogen-bond acceptors (Lipinski definition) is 3. The summed E-state index contributed by atoms with van der Waals surface area (Å²) in [6, 6.07) is 7.47. The number of hydrogen-bond donors (Lipinski definition) is 1. The largest absolute Gasteiger partial charge is 0.351 e. The van der Waals surface area contributed by atoms with Crippen LogP contribution < -0.4 is 5.32 Å². The second-order valence-corrected chi connectivity index (χ2v) is 6.92. The smallest absolute Gasteiger partial charge is 0.255 e. The monoisotopic (exact) mass is 413 g/mol. The fourth-order valence-corrected chi connectivity index (χ4v) is 3.35. The number of rotatable bonds is 5. The van der Waals surface area contributed by atoms with Crippen molar-refractivity contribution in [1.29, 1.82) is 0 Å². The zero-order valence-corrected chi connectivity index (χ0v) is 16.3. The average Bonchev–Trinajstić information content (AvgIpc) is 3.22. The molecule has 1 amide bonds. The van der Waals surface area contributed by atoms with Gasteiger partial charge in [0.15, 0.2) is 0 Å². The Balaban J connectivity index is 1.51. The van der Waals surface area contributed by atoms with Crippen LogP contribution in [0.3, 0.4) is 0 Å². The Morgan fingerprint density at radius 1 is 1.07 bits per heavy atom. The van der Waals surface area contributed by atoms with E-state index >= 15 is 0 Å². The summed E-state index contributed by atoms with van der Waals surface area (Å²) < 4.78 is 44.0. The Kier molecular flexibility index (Phi) is 5.03. The van der Waals surface area contributed by atoms with Crippen molar-refractivity contribution < 1.29 is 18.0 Å². The first-order valence-electron chi connectivity index (χ1n) is 9.21. The molecule has 154 valence electrons. The fraction of sp³-hybridized carbons (Fsp3) is 0.190. The van der Waals surface area contributed by atoms with Crippen molar-refractivity contribution >= 4 is 16.9 Å². The molecule has 0 saturated carbocycles. The minimum atomic E-state index is -0.797. The lowest BCUT2D eigenvalue weighted by atomic mass is 10.1. The standard InChI is InChI=1S/C21H18F3N5O/c1-28-11-15(20(27-28)14-5-3-12(22)9-16(14)24)21(30)25-8-7-19-26-17-6-4-13(23)10-18(17)29(19)2/h3-6,9-11H,7-8H2,1-2H3,(H,25,30). The molecule has 0 aliphatic rings. The van der Waals surface area contributed by atoms with E-state index in [1.165, 1.54) is 29.1 Å². The number of nitrogens with zero attached hydrogens (tertiary/aromatic N) is 4. The molecule has 0 unspecified atom stereocenters. The summed E-state index contributed by atoms with van der Waals surface area (Å²) in [5.74, 6) is -1.60. The van der Waals surface area contributed by atoms with E-state index in [0.29, 0.717) is 23.3 Å². The van der Waals surface area contributed by atoms with Crippen LogP contribution in [0.1, 0.15) is 16.2 Å². The molecular weight excluding hydrogens is 395 g/mol. The van der Waals surface area contributed by atoms with Crippen LogP contribution in [-0.2, 0) is 20.5 Å². The summed E-state index contributed by atoms with van der Waals surface area (Å²) in [6.07, 6.45) is 1.89. The number of aromatic nitrogens is 4. The highest BCUT2D eigenvalue weighted by Gasteiger charge is 2.20. The Morgan fingerprint density at radius 2 is 1.80 bits per heavy atom. The van der Waals surface area contributed by atoms with Crippen LogP contribution in [0.25, 0.3) is 22.3 Å². The van der Waals surface area contributed by atoms with Crippen molar-refractivity contribution in [2.45, 2.75) is 6.42 Å². The van der Waals surface area contributed by atoms with Gasteiger partial charge in [0.2, 0.25) is 0 Å². The maximum Gasteiger partial charge on any atom is 0.255 e. The molecule has 0 radical (unpaired) electrons. The van der Waals surface area contributed by atoms with Gasteiger partial charge in [0.25, 0.3) is 5.91 Å². The third-order valence-corrected chi connectivity index (χ3v) is 4.83. The molecule has 9 heteroatoms. The Hall–Kier alpha value is -3.62. The second-order valence-electron chi connectivity index (χ2n) is 6.92. The lowest BCUT2D eigenvalue weighted by molar-refractivity contribution is 0.0954. The minimum Gasteiger partial charge on any atom is -0.351 e. The molecule has 0 saturated heterocycles. The van der Waals surface area contributed by atoms with Crippen molar-refractivity contribution in [3.63, 3.8) is 0 Å². The molecule has 1 N–H and O–H groups in total. The van der Waals surface area contributed by atoms with Gasteiger partial charge in [0, 0.05) is 44.9 Å². The predicted octanol–water partition coefficient (Wildman–Crippen LogP) is 3.36. The van der Waals surface area contributed by atoms with Crippen LogP contribution in [0.2, 0.25) is 0 Å². The Bertz CT molecular complexity index is 1260. The number of imidazole rings is 1. The number of amides is 1. The number of carbonyl (C=O) groups is 1. The Labute approximate surface area is 170 Å². The van der Waals surface area contributed by atoms with E-state index < -0.39 is 17.5 Å². The number of carbonyl (C=O) groups excluding carboxylic acids is 1. The van der Waals surface area contributed by atoms with Crippen molar-refractivity contribution in [3.05, 3.63) is 71.4 Å². The first-order valence-corrected chi connectivity index (χ1v) is 9.21. The summed E-state index contributed by atoms with van der Waals surface area (Å²) in [4.78, 5) is 17.1. The lowest BCUT2D eigenvalue weighted by Crippen LogP contribution is -2.26. The molecule has 4 aromatic rings. The number of benzene rings is 2. The zero-order valence-electron chi connectivity index (χ0n) is 16.3. The summed E-state index contributed by atoms with van der Waals surface area (Å²) in [7, 11) is 3.39. The second kappa shape index (κ2) is 7.66. The fourth-order valence-electron chi connectivity index (χ4n) is 3.35. The molecule has 2 aromatic heterocycles. The van der Waals surface area contributed by atoms with Gasteiger partial charge in [-0.2, -0.15) is 5.10 Å². The minimum absolute atomic E-state index is 0.0412. The van der Waals surface area contributed by atoms with Gasteiger partial charge in [0.1, 0.15) is 29.0 Å². The summed E-state index contributed by atoms with van der Waals surface area (Å²) in [5.41, 5.74) is 1.68. The van der Waals surface area contributed by atoms with Crippen LogP contribution in [0, 0.1) is 17.5 Å². The third kappa shape index (κ3) is 3.66. The molecule has 2 heterocycles. The molecule has 0 bridgehead atoms. The lowest BCUT2D eigenvalue weighted by Gasteiger charge is -2.07. The van der Waals surface area contributed by atoms with Crippen LogP contribution in [-0.4, -0.2) is 31.8 Å². The van der Waals surface area contributed by atoms with E-state index in [2.05, 4.69) is 15.4 Å². The van der Waals surface area contributed by atoms with Crippen LogP contribution >= 0.6 is 0 Å². The van der Waals surface area contributed by atoms with E-state index in [1.807, 2.05) is 0 Å². The quantitative estimate of drug-likeness (QED) is 0.546. The van der Waals surface area contributed by atoms with Gasteiger partial charge >= 0.3 is 0 Å². The highest BCUT2D eigenvalue weighted by atomic mass is 19.1. The predicted molar refractivity (Wildman–Crippen MR) is 105 cm³/mol. The number of halogens is 3. The third-order valence-electron chi connectivity index (χ3n) is 4.83. The number of aryl methyl sites for hydroxylation is 2. The first kappa shape index (κ1) is 19.7. The molecule has 0 spiro atoms. The molecule has 0 atom stereocenters. The van der Waals surface area contributed by atoms with Gasteiger partial charge in [-0.05, 0) is 30.3 Å². The first-order chi connectivity index (χ1) is 14.3. The SMILES string of the molecule is Cn1cc(C(=O)NCCc2nc3ccc(F)cc3n2C)c(-c2ccc(F)cc2F)n1. The molecule has 0 aliphatic heterocycles. The zero-order chi connectivity index (χ0) is 21.4. The summed E-state index contributed by atoms with van der Waals surface area (Å²) >= 11 is 0. The molecule has 6 nitrogen and oxygen atoms in total. The van der Waals surface area contributed by atoms with Crippen molar-refractivity contribution in [3.8, 4) is 11.3 Å². The van der Waals surface area contributed by atoms with E-state index in [0.717, 1.165) is 12.1 Å². The maximum absolute atomic E-state index is 14.2. The van der Waals surface area contributed by atoms with Crippen LogP contribution in [0.4, 0.5) is 13.2 Å². The normalized spacial score (nSPS) is 11.2. The van der Waals surface area contributed by atoms with Crippen molar-refractivity contribution in [2.75, 3.05) is 6.54 Å². The average molecular weight is 413 g/mol. The molecule has 4 rings (SSSR count). The molecule has 2 aromatic carbocycles. The van der Waals surface area contributed by atoms with E-state index in [9.17, 15) is 18.0 Å². The number of nitrogens with one attached hydrogen (secondary N) is 1. The van der Waals surface area contributed by atoms with Gasteiger partial charge < -0.3 is 9.88 Å². The maximum atomic E-state index is 14.2. The van der Waals surface area contributed by atoms with Gasteiger partial charge in [0.05, 0.1) is 16.6 Å². The van der Waals surface area contributed by atoms with Crippen LogP contribution in [0.15, 0.2) is 42.6 Å². The van der Waals surface area contributed by atoms with E-state index in [1.54, 1.807) is 24.7 Å². The number of fused-ring (bicyclic) bond motifs is 1. The van der Waals surface area contributed by atoms with Crippen molar-refractivity contribution in [2.24, 2.45) is 14.1 Å². The molecule has 30 heavy (non-hydrogen) atoms. The molecule has 0 aliphatic carbocycles. The van der Waals surface area contributed by atoms with E-state index in [-0.39, 0.29) is 29.2 Å². The topological polar surface area (TPSA) is 64.7 Å². The van der Waals surface area contributed by atoms with Crippen LogP contribution in [0.5, 0.6) is 0 Å². The summed E-state index contributed by atoms with van der Waals surface area (Å²) in [5, 5.41) is 6.92. The van der Waals surface area contributed by atoms with Gasteiger partial charge in [-0.15, -0.1) is 0 Å². The molecule has 0 fully saturated rings. The summed E-state index contributed by atoms with van der Waals surface area (Å²) in [6.45, 7) is 0.263. The van der Waals surface area contributed by atoms with Gasteiger partial charge in [-0.1, -0.05) is 0 Å². The molecular formula is C21H18F3N5O. The highest BCUT2D eigenvalue weighted by Crippen LogP contribution is 2.25. The van der Waals surface area contributed by atoms with Gasteiger partial charge in [-0.25, -0.2) is 18.2 Å².